The second-order valence-corrected chi connectivity index (χ2v) is 5.56. The maximum atomic E-state index is 12.7. The van der Waals surface area contributed by atoms with Gasteiger partial charge in [-0.15, -0.1) is 0 Å². The fraction of sp³-hybridized carbons (Fsp3) is 0.812. The zero-order chi connectivity index (χ0) is 17.9. The second kappa shape index (κ2) is 10.6. The summed E-state index contributed by atoms with van der Waals surface area (Å²) < 4.78 is 66.2. The van der Waals surface area contributed by atoms with Crippen molar-refractivity contribution in [1.82, 2.24) is 0 Å². The van der Waals surface area contributed by atoms with Crippen LogP contribution in [0.3, 0.4) is 0 Å². The van der Waals surface area contributed by atoms with Crippen LogP contribution < -0.4 is 0 Å². The average Bonchev–Trinajstić information content (AvgIpc) is 2.43. The molecule has 0 radical (unpaired) electrons. The normalized spacial score (nSPS) is 13.3. The number of hydrogen-bond acceptors (Lipinski definition) is 2. The molecule has 0 aromatic heterocycles. The van der Waals surface area contributed by atoms with E-state index in [-0.39, 0.29) is 6.61 Å². The number of esters is 1. The van der Waals surface area contributed by atoms with Crippen molar-refractivity contribution < 1.29 is 31.5 Å². The molecule has 0 aliphatic heterocycles. The molecule has 0 rings (SSSR count). The molecular formula is C16H25F5O2. The molecule has 0 bridgehead atoms. The predicted molar refractivity (Wildman–Crippen MR) is 78.3 cm³/mol. The van der Waals surface area contributed by atoms with Gasteiger partial charge < -0.3 is 4.74 Å². The van der Waals surface area contributed by atoms with Crippen LogP contribution in [0.25, 0.3) is 0 Å². The molecule has 0 amide bonds. The molecule has 2 nitrogen and oxygen atoms in total. The van der Waals surface area contributed by atoms with Gasteiger partial charge >= 0.3 is 18.1 Å². The number of rotatable bonds is 11. The minimum atomic E-state index is -5.72. The third-order valence-electron chi connectivity index (χ3n) is 3.33. The highest BCUT2D eigenvalue weighted by atomic mass is 19.4. The Labute approximate surface area is 134 Å². The third-order valence-corrected chi connectivity index (χ3v) is 3.33. The molecule has 0 saturated heterocycles. The van der Waals surface area contributed by atoms with E-state index in [2.05, 4.69) is 6.92 Å². The van der Waals surface area contributed by atoms with Crippen LogP contribution in [0.15, 0.2) is 11.6 Å². The summed E-state index contributed by atoms with van der Waals surface area (Å²) in [6.07, 6.45) is 2.11. The summed E-state index contributed by atoms with van der Waals surface area (Å²) in [7, 11) is 0. The van der Waals surface area contributed by atoms with Crippen LogP contribution in [0, 0.1) is 0 Å². The molecule has 0 fully saturated rings. The first kappa shape index (κ1) is 21.9. The SMILES string of the molecule is CCCCCCCCCCOC(=O)C(C)=CC(F)(F)C(F)(F)F. The summed E-state index contributed by atoms with van der Waals surface area (Å²) in [4.78, 5) is 11.4. The summed E-state index contributed by atoms with van der Waals surface area (Å²) >= 11 is 0. The molecule has 23 heavy (non-hydrogen) atoms. The largest absolute Gasteiger partial charge is 0.462 e. The Morgan fingerprint density at radius 1 is 0.913 bits per heavy atom. The molecule has 0 aliphatic rings. The van der Waals surface area contributed by atoms with E-state index >= 15 is 0 Å². The van der Waals surface area contributed by atoms with E-state index in [0.717, 1.165) is 32.6 Å². The first-order chi connectivity index (χ1) is 10.6. The fourth-order valence-corrected chi connectivity index (χ4v) is 1.93. The van der Waals surface area contributed by atoms with Gasteiger partial charge in [0.1, 0.15) is 0 Å². The van der Waals surface area contributed by atoms with Crippen LogP contribution in [0.1, 0.15) is 65.2 Å². The number of ether oxygens (including phenoxy) is 1. The monoisotopic (exact) mass is 344 g/mol. The smallest absolute Gasteiger partial charge is 0.457 e. The van der Waals surface area contributed by atoms with Crippen molar-refractivity contribution >= 4 is 5.97 Å². The van der Waals surface area contributed by atoms with Crippen LogP contribution in [0.2, 0.25) is 0 Å². The Kier molecular flexibility index (Phi) is 10.1. The van der Waals surface area contributed by atoms with Gasteiger partial charge in [-0.2, -0.15) is 22.0 Å². The van der Waals surface area contributed by atoms with Crippen molar-refractivity contribution in [2.75, 3.05) is 6.61 Å². The summed E-state index contributed by atoms with van der Waals surface area (Å²) in [6.45, 7) is 3.04. The van der Waals surface area contributed by atoms with Crippen molar-refractivity contribution in [2.24, 2.45) is 0 Å². The van der Waals surface area contributed by atoms with Crippen LogP contribution in [0.5, 0.6) is 0 Å². The molecule has 0 N–H and O–H groups in total. The van der Waals surface area contributed by atoms with E-state index in [9.17, 15) is 26.7 Å². The Morgan fingerprint density at radius 2 is 1.39 bits per heavy atom. The standard InChI is InChI=1S/C16H25F5O2/c1-3-4-5-6-7-8-9-10-11-23-14(22)13(2)12-15(17,18)16(19,20)21/h12H,3-11H2,1-2H3. The van der Waals surface area contributed by atoms with E-state index in [0.29, 0.717) is 6.42 Å². The Bertz CT molecular complexity index is 375. The molecule has 7 heteroatoms. The molecule has 0 aromatic carbocycles. The molecule has 136 valence electrons. The van der Waals surface area contributed by atoms with Gasteiger partial charge in [0.25, 0.3) is 0 Å². The number of carbonyl (C=O) groups is 1. The molecule has 0 saturated carbocycles. The van der Waals surface area contributed by atoms with Gasteiger partial charge in [-0.1, -0.05) is 51.9 Å². The zero-order valence-electron chi connectivity index (χ0n) is 13.6. The maximum Gasteiger partial charge on any atom is 0.457 e. The van der Waals surface area contributed by atoms with E-state index in [1.807, 2.05) is 0 Å². The van der Waals surface area contributed by atoms with Gasteiger partial charge in [0.05, 0.1) is 6.61 Å². The summed E-state index contributed by atoms with van der Waals surface area (Å²) in [5, 5.41) is 0. The first-order valence-corrected chi connectivity index (χ1v) is 7.93. The van der Waals surface area contributed by atoms with Crippen molar-refractivity contribution in [3.05, 3.63) is 11.6 Å². The number of unbranched alkanes of at least 4 members (excludes halogenated alkanes) is 7. The van der Waals surface area contributed by atoms with Gasteiger partial charge in [-0.05, 0) is 13.3 Å². The quantitative estimate of drug-likeness (QED) is 0.204. The predicted octanol–water partition coefficient (Wildman–Crippen LogP) is 5.81. The number of halogens is 5. The van der Waals surface area contributed by atoms with Crippen molar-refractivity contribution in [3.8, 4) is 0 Å². The highest BCUT2D eigenvalue weighted by Gasteiger charge is 2.56. The van der Waals surface area contributed by atoms with Crippen LogP contribution in [-0.4, -0.2) is 24.7 Å². The highest BCUT2D eigenvalue weighted by Crippen LogP contribution is 2.37. The minimum Gasteiger partial charge on any atom is -0.462 e. The lowest BCUT2D eigenvalue weighted by Gasteiger charge is -2.16. The van der Waals surface area contributed by atoms with Gasteiger partial charge in [0.2, 0.25) is 0 Å². The average molecular weight is 344 g/mol. The molecule has 0 atom stereocenters. The summed E-state index contributed by atoms with van der Waals surface area (Å²) in [5.41, 5.74) is -0.744. The molecular weight excluding hydrogens is 319 g/mol. The lowest BCUT2D eigenvalue weighted by Crippen LogP contribution is -2.35. The number of hydrogen-bond donors (Lipinski definition) is 0. The van der Waals surface area contributed by atoms with Gasteiger partial charge in [0, 0.05) is 11.6 Å². The highest BCUT2D eigenvalue weighted by molar-refractivity contribution is 5.87. The van der Waals surface area contributed by atoms with E-state index in [1.165, 1.54) is 19.3 Å². The van der Waals surface area contributed by atoms with Crippen molar-refractivity contribution in [1.29, 1.82) is 0 Å². The summed E-state index contributed by atoms with van der Waals surface area (Å²) in [6, 6.07) is 0. The number of alkyl halides is 5. The number of carbonyl (C=O) groups excluding carboxylic acids is 1. The van der Waals surface area contributed by atoms with Crippen molar-refractivity contribution in [3.63, 3.8) is 0 Å². The van der Waals surface area contributed by atoms with E-state index < -0.39 is 29.7 Å². The Balaban J connectivity index is 3.94. The zero-order valence-corrected chi connectivity index (χ0v) is 13.6. The van der Waals surface area contributed by atoms with Crippen LogP contribution >= 0.6 is 0 Å². The Hall–Kier alpha value is -1.14. The lowest BCUT2D eigenvalue weighted by atomic mass is 10.1. The van der Waals surface area contributed by atoms with Gasteiger partial charge in [0.15, 0.2) is 0 Å². The Morgan fingerprint density at radius 3 is 1.87 bits per heavy atom. The van der Waals surface area contributed by atoms with E-state index in [4.69, 9.17) is 4.74 Å². The maximum absolute atomic E-state index is 12.7. The molecule has 0 unspecified atom stereocenters. The molecule has 0 aromatic rings. The fourth-order valence-electron chi connectivity index (χ4n) is 1.93. The second-order valence-electron chi connectivity index (χ2n) is 5.56. The molecule has 0 heterocycles. The summed E-state index contributed by atoms with van der Waals surface area (Å²) in [5.74, 6) is -6.17. The number of allylic oxidation sites excluding steroid dienone is 1. The lowest BCUT2D eigenvalue weighted by molar-refractivity contribution is -0.259. The first-order valence-electron chi connectivity index (χ1n) is 7.93. The van der Waals surface area contributed by atoms with Gasteiger partial charge in [-0.25, -0.2) is 4.79 Å². The molecule has 0 spiro atoms. The van der Waals surface area contributed by atoms with Crippen LogP contribution in [-0.2, 0) is 9.53 Å². The van der Waals surface area contributed by atoms with E-state index in [1.54, 1.807) is 0 Å². The topological polar surface area (TPSA) is 26.3 Å². The molecule has 0 aliphatic carbocycles. The third kappa shape index (κ3) is 9.56. The van der Waals surface area contributed by atoms with Gasteiger partial charge in [-0.3, -0.25) is 0 Å². The van der Waals surface area contributed by atoms with Crippen LogP contribution in [0.4, 0.5) is 22.0 Å². The van der Waals surface area contributed by atoms with Crippen molar-refractivity contribution in [2.45, 2.75) is 77.3 Å². The minimum absolute atomic E-state index is 0.0244.